The van der Waals surface area contributed by atoms with Crippen LogP contribution in [0.25, 0.3) is 0 Å². The molecule has 3 heteroatoms. The van der Waals surface area contributed by atoms with Gasteiger partial charge in [0, 0.05) is 0 Å². The number of carbonyl (C=O) groups excluding carboxylic acids is 1. The summed E-state index contributed by atoms with van der Waals surface area (Å²) in [7, 11) is 0. The lowest BCUT2D eigenvalue weighted by molar-refractivity contribution is -0.186. The molecule has 3 rings (SSSR count). The van der Waals surface area contributed by atoms with Crippen LogP contribution in [0.15, 0.2) is 60.7 Å². The van der Waals surface area contributed by atoms with Gasteiger partial charge in [-0.3, -0.25) is 4.79 Å². The van der Waals surface area contributed by atoms with Crippen LogP contribution in [0.5, 0.6) is 0 Å². The van der Waals surface area contributed by atoms with Gasteiger partial charge in [0.05, 0.1) is 18.5 Å². The van der Waals surface area contributed by atoms with Gasteiger partial charge in [-0.2, -0.15) is 0 Å². The van der Waals surface area contributed by atoms with Crippen molar-refractivity contribution in [3.63, 3.8) is 0 Å². The van der Waals surface area contributed by atoms with Crippen LogP contribution in [0.2, 0.25) is 0 Å². The van der Waals surface area contributed by atoms with Gasteiger partial charge in [-0.25, -0.2) is 0 Å². The maximum absolute atomic E-state index is 11.7. The summed E-state index contributed by atoms with van der Waals surface area (Å²) in [5.74, 6) is -0.165. The standard InChI is InChI=1S/C17H17NO2/c1-13(14-8-4-2-5-9-14)18-16(12-17(19)20-18)15-10-6-3-7-11-15/h2-11,13,16H,12H2,1H3/t13-,16+/m0/s1. The molecule has 1 fully saturated rings. The third-order valence-corrected chi connectivity index (χ3v) is 3.72. The highest BCUT2D eigenvalue weighted by Crippen LogP contribution is 2.37. The highest BCUT2D eigenvalue weighted by molar-refractivity contribution is 5.72. The Kier molecular flexibility index (Phi) is 3.52. The van der Waals surface area contributed by atoms with Gasteiger partial charge in [0.25, 0.3) is 0 Å². The first-order chi connectivity index (χ1) is 9.75. The van der Waals surface area contributed by atoms with Crippen LogP contribution >= 0.6 is 0 Å². The van der Waals surface area contributed by atoms with E-state index in [9.17, 15) is 4.79 Å². The van der Waals surface area contributed by atoms with Crippen LogP contribution < -0.4 is 0 Å². The van der Waals surface area contributed by atoms with E-state index in [1.165, 1.54) is 0 Å². The molecule has 0 bridgehead atoms. The molecule has 2 aromatic carbocycles. The SMILES string of the molecule is C[C@@H](c1ccccc1)N1OC(=O)C[C@@H]1c1ccccc1. The molecule has 2 atom stereocenters. The number of benzene rings is 2. The molecule has 0 amide bonds. The van der Waals surface area contributed by atoms with Gasteiger partial charge in [-0.1, -0.05) is 60.7 Å². The summed E-state index contributed by atoms with van der Waals surface area (Å²) >= 11 is 0. The van der Waals surface area contributed by atoms with E-state index in [2.05, 4.69) is 19.1 Å². The first kappa shape index (κ1) is 12.9. The van der Waals surface area contributed by atoms with Crippen molar-refractivity contribution in [1.29, 1.82) is 0 Å². The van der Waals surface area contributed by atoms with Crippen LogP contribution in [-0.4, -0.2) is 11.0 Å². The Morgan fingerprint density at radius 1 is 1.05 bits per heavy atom. The maximum Gasteiger partial charge on any atom is 0.327 e. The second-order valence-corrected chi connectivity index (χ2v) is 5.04. The van der Waals surface area contributed by atoms with Crippen LogP contribution in [0.3, 0.4) is 0 Å². The number of rotatable bonds is 3. The molecule has 0 aliphatic carbocycles. The minimum atomic E-state index is -0.165. The molecule has 2 aromatic rings. The summed E-state index contributed by atoms with van der Waals surface area (Å²) in [6.07, 6.45) is 0.404. The average Bonchev–Trinajstić information content (AvgIpc) is 2.90. The van der Waals surface area contributed by atoms with Gasteiger partial charge < -0.3 is 4.84 Å². The van der Waals surface area contributed by atoms with Gasteiger partial charge >= 0.3 is 5.97 Å². The number of hydrogen-bond acceptors (Lipinski definition) is 3. The monoisotopic (exact) mass is 267 g/mol. The summed E-state index contributed by atoms with van der Waals surface area (Å²) in [6.45, 7) is 2.06. The van der Waals surface area contributed by atoms with E-state index < -0.39 is 0 Å². The number of nitrogens with zero attached hydrogens (tertiary/aromatic N) is 1. The molecular weight excluding hydrogens is 250 g/mol. The van der Waals surface area contributed by atoms with Crippen LogP contribution in [0, 0.1) is 0 Å². The van der Waals surface area contributed by atoms with Gasteiger partial charge in [-0.05, 0) is 18.1 Å². The first-order valence-electron chi connectivity index (χ1n) is 6.85. The molecule has 0 spiro atoms. The predicted molar refractivity (Wildman–Crippen MR) is 76.6 cm³/mol. The van der Waals surface area contributed by atoms with Gasteiger partial charge in [0.1, 0.15) is 0 Å². The molecule has 0 radical (unpaired) electrons. The predicted octanol–water partition coefficient (Wildman–Crippen LogP) is 3.65. The second kappa shape index (κ2) is 5.47. The maximum atomic E-state index is 11.7. The zero-order valence-electron chi connectivity index (χ0n) is 11.4. The molecule has 0 N–H and O–H groups in total. The molecule has 102 valence electrons. The summed E-state index contributed by atoms with van der Waals surface area (Å²) in [4.78, 5) is 17.1. The fourth-order valence-corrected chi connectivity index (χ4v) is 2.63. The average molecular weight is 267 g/mol. The molecule has 3 nitrogen and oxygen atoms in total. The molecule has 0 aromatic heterocycles. The zero-order chi connectivity index (χ0) is 13.9. The largest absolute Gasteiger partial charge is 0.367 e. The van der Waals surface area contributed by atoms with E-state index in [1.807, 2.05) is 53.6 Å². The summed E-state index contributed by atoms with van der Waals surface area (Å²) in [6, 6.07) is 20.2. The summed E-state index contributed by atoms with van der Waals surface area (Å²) < 4.78 is 0. The molecule has 20 heavy (non-hydrogen) atoms. The summed E-state index contributed by atoms with van der Waals surface area (Å²) in [5, 5.41) is 1.81. The lowest BCUT2D eigenvalue weighted by Crippen LogP contribution is -2.25. The number of carbonyl (C=O) groups is 1. The Labute approximate surface area is 118 Å². The molecule has 0 saturated carbocycles. The van der Waals surface area contributed by atoms with Crippen molar-refractivity contribution in [3.8, 4) is 0 Å². The quantitative estimate of drug-likeness (QED) is 0.850. The van der Waals surface area contributed by atoms with E-state index in [0.717, 1.165) is 11.1 Å². The van der Waals surface area contributed by atoms with Crippen molar-refractivity contribution >= 4 is 5.97 Å². The van der Waals surface area contributed by atoms with Crippen molar-refractivity contribution in [2.75, 3.05) is 0 Å². The molecular formula is C17H17NO2. The minimum Gasteiger partial charge on any atom is -0.367 e. The fourth-order valence-electron chi connectivity index (χ4n) is 2.63. The highest BCUT2D eigenvalue weighted by atomic mass is 16.7. The number of hydrogen-bond donors (Lipinski definition) is 0. The van der Waals surface area contributed by atoms with E-state index in [0.29, 0.717) is 6.42 Å². The normalized spacial score (nSPS) is 20.6. The summed E-state index contributed by atoms with van der Waals surface area (Å²) in [5.41, 5.74) is 2.25. The van der Waals surface area contributed by atoms with E-state index in [1.54, 1.807) is 0 Å². The third kappa shape index (κ3) is 2.45. The highest BCUT2D eigenvalue weighted by Gasteiger charge is 2.37. The molecule has 1 saturated heterocycles. The van der Waals surface area contributed by atoms with Crippen molar-refractivity contribution in [3.05, 3.63) is 71.8 Å². The van der Waals surface area contributed by atoms with Crippen LogP contribution in [-0.2, 0) is 9.63 Å². The van der Waals surface area contributed by atoms with Crippen LogP contribution in [0.4, 0.5) is 0 Å². The first-order valence-corrected chi connectivity index (χ1v) is 6.85. The van der Waals surface area contributed by atoms with Gasteiger partial charge in [0.15, 0.2) is 0 Å². The minimum absolute atomic E-state index is 0.0149. The van der Waals surface area contributed by atoms with Gasteiger partial charge in [0.2, 0.25) is 0 Å². The zero-order valence-corrected chi connectivity index (χ0v) is 11.4. The van der Waals surface area contributed by atoms with Crippen molar-refractivity contribution in [1.82, 2.24) is 5.06 Å². The third-order valence-electron chi connectivity index (χ3n) is 3.72. The van der Waals surface area contributed by atoms with Crippen molar-refractivity contribution in [2.24, 2.45) is 0 Å². The Balaban J connectivity index is 1.89. The number of hydroxylamine groups is 2. The Hall–Kier alpha value is -2.13. The van der Waals surface area contributed by atoms with Crippen molar-refractivity contribution < 1.29 is 9.63 Å². The Bertz CT molecular complexity index is 582. The van der Waals surface area contributed by atoms with E-state index in [4.69, 9.17) is 4.84 Å². The lowest BCUT2D eigenvalue weighted by Gasteiger charge is -2.27. The van der Waals surface area contributed by atoms with E-state index >= 15 is 0 Å². The fraction of sp³-hybridized carbons (Fsp3) is 0.235. The Morgan fingerprint density at radius 2 is 1.65 bits per heavy atom. The van der Waals surface area contributed by atoms with Crippen molar-refractivity contribution in [2.45, 2.75) is 25.4 Å². The topological polar surface area (TPSA) is 29.5 Å². The Morgan fingerprint density at radius 3 is 2.30 bits per heavy atom. The van der Waals surface area contributed by atoms with Crippen LogP contribution in [0.1, 0.15) is 36.6 Å². The molecule has 1 aliphatic rings. The smallest absolute Gasteiger partial charge is 0.327 e. The lowest BCUT2D eigenvalue weighted by atomic mass is 10.0. The molecule has 1 aliphatic heterocycles. The van der Waals surface area contributed by atoms with E-state index in [-0.39, 0.29) is 18.1 Å². The molecule has 0 unspecified atom stereocenters. The second-order valence-electron chi connectivity index (χ2n) is 5.04. The molecule has 1 heterocycles. The van der Waals surface area contributed by atoms with Gasteiger partial charge in [-0.15, -0.1) is 5.06 Å².